The van der Waals surface area contributed by atoms with Crippen molar-refractivity contribution in [3.8, 4) is 11.1 Å². The van der Waals surface area contributed by atoms with Crippen LogP contribution < -0.4 is 10.5 Å². The summed E-state index contributed by atoms with van der Waals surface area (Å²) in [6, 6.07) is 13.8. The van der Waals surface area contributed by atoms with Gasteiger partial charge >= 0.3 is 5.97 Å². The number of morpholine rings is 1. The molecule has 11 heteroatoms. The van der Waals surface area contributed by atoms with Crippen LogP contribution >= 0.6 is 11.3 Å². The minimum absolute atomic E-state index is 0.0413. The van der Waals surface area contributed by atoms with Gasteiger partial charge in [0.25, 0.3) is 11.2 Å². The van der Waals surface area contributed by atoms with Gasteiger partial charge in [0.2, 0.25) is 0 Å². The number of carbonyl (C=O) groups excluding carboxylic acids is 1. The molecule has 0 spiro atoms. The van der Waals surface area contributed by atoms with Crippen LogP contribution in [0.4, 0.5) is 11.4 Å². The van der Waals surface area contributed by atoms with Crippen molar-refractivity contribution in [2.75, 3.05) is 31.2 Å². The molecule has 0 saturated carbocycles. The molecular weight excluding hydrogens is 472 g/mol. The van der Waals surface area contributed by atoms with Crippen LogP contribution in [0.1, 0.15) is 16.2 Å². The molecule has 3 heterocycles. The average molecular weight is 493 g/mol. The van der Waals surface area contributed by atoms with Crippen molar-refractivity contribution in [2.24, 2.45) is 0 Å². The predicted octanol–water partition coefficient (Wildman–Crippen LogP) is 3.75. The van der Waals surface area contributed by atoms with E-state index in [2.05, 4.69) is 9.97 Å². The van der Waals surface area contributed by atoms with Crippen molar-refractivity contribution in [2.45, 2.75) is 6.61 Å². The third kappa shape index (κ3) is 4.63. The number of esters is 1. The summed E-state index contributed by atoms with van der Waals surface area (Å²) in [5.74, 6) is -0.558. The number of aromatic nitrogens is 2. The van der Waals surface area contributed by atoms with Gasteiger partial charge in [0.1, 0.15) is 22.9 Å². The van der Waals surface area contributed by atoms with Crippen molar-refractivity contribution >= 4 is 38.9 Å². The fourth-order valence-electron chi connectivity index (χ4n) is 3.98. The highest BCUT2D eigenvalue weighted by Gasteiger charge is 2.24. The summed E-state index contributed by atoms with van der Waals surface area (Å²) in [5.41, 5.74) is 1.66. The molecule has 0 atom stereocenters. The third-order valence-electron chi connectivity index (χ3n) is 5.68. The molecule has 1 N–H and O–H groups in total. The second-order valence-corrected chi connectivity index (χ2v) is 8.70. The maximum absolute atomic E-state index is 12.8. The van der Waals surface area contributed by atoms with E-state index in [9.17, 15) is 19.7 Å². The summed E-state index contributed by atoms with van der Waals surface area (Å²) >= 11 is 1.33. The molecule has 1 fully saturated rings. The number of aromatic amines is 1. The van der Waals surface area contributed by atoms with Crippen molar-refractivity contribution in [1.82, 2.24) is 9.97 Å². The summed E-state index contributed by atoms with van der Waals surface area (Å²) in [7, 11) is 0. The number of benzene rings is 2. The Bertz CT molecular complexity index is 1460. The van der Waals surface area contributed by atoms with Gasteiger partial charge in [0, 0.05) is 30.1 Å². The van der Waals surface area contributed by atoms with Crippen LogP contribution in [-0.4, -0.2) is 47.2 Å². The molecule has 0 amide bonds. The fraction of sp³-hybridized carbons (Fsp3) is 0.208. The summed E-state index contributed by atoms with van der Waals surface area (Å²) < 4.78 is 10.6. The Kier molecular flexibility index (Phi) is 6.25. The van der Waals surface area contributed by atoms with E-state index in [1.165, 1.54) is 23.5 Å². The third-order valence-corrected chi connectivity index (χ3v) is 6.55. The average Bonchev–Trinajstić information content (AvgIpc) is 3.32. The van der Waals surface area contributed by atoms with E-state index in [-0.39, 0.29) is 29.2 Å². The van der Waals surface area contributed by atoms with Gasteiger partial charge in [-0.2, -0.15) is 0 Å². The highest BCUT2D eigenvalue weighted by molar-refractivity contribution is 7.17. The zero-order chi connectivity index (χ0) is 24.4. The maximum atomic E-state index is 12.8. The van der Waals surface area contributed by atoms with E-state index in [1.807, 2.05) is 40.6 Å². The first-order valence-electron chi connectivity index (χ1n) is 10.9. The van der Waals surface area contributed by atoms with Crippen molar-refractivity contribution in [3.05, 3.63) is 85.8 Å². The quantitative estimate of drug-likeness (QED) is 0.245. The molecule has 2 aromatic heterocycles. The van der Waals surface area contributed by atoms with Gasteiger partial charge in [0.15, 0.2) is 0 Å². The van der Waals surface area contributed by atoms with E-state index in [1.54, 1.807) is 6.07 Å². The van der Waals surface area contributed by atoms with Crippen LogP contribution in [0.3, 0.4) is 0 Å². The number of nitro groups is 1. The van der Waals surface area contributed by atoms with Crippen LogP contribution in [0, 0.1) is 10.1 Å². The lowest BCUT2D eigenvalue weighted by molar-refractivity contribution is -0.384. The highest BCUT2D eigenvalue weighted by atomic mass is 32.1. The first-order chi connectivity index (χ1) is 17.0. The number of nitrogens with zero attached hydrogens (tertiary/aromatic N) is 3. The molecule has 1 aliphatic rings. The topological polar surface area (TPSA) is 128 Å². The second-order valence-electron chi connectivity index (χ2n) is 7.84. The molecule has 10 nitrogen and oxygen atoms in total. The SMILES string of the molecule is O=C(OCc1nc2scc(-c3ccccc3)c2c(=O)[nH]1)c1ccc(N2CCOCC2)c([N+](=O)[O-])c1. The van der Waals surface area contributed by atoms with E-state index >= 15 is 0 Å². The predicted molar refractivity (Wildman–Crippen MR) is 131 cm³/mol. The van der Waals surface area contributed by atoms with Crippen LogP contribution in [0.2, 0.25) is 0 Å². The maximum Gasteiger partial charge on any atom is 0.338 e. The van der Waals surface area contributed by atoms with Crippen LogP contribution in [0.5, 0.6) is 0 Å². The first kappa shape index (κ1) is 22.7. The lowest BCUT2D eigenvalue weighted by atomic mass is 10.1. The van der Waals surface area contributed by atoms with Gasteiger partial charge in [0.05, 0.1) is 29.1 Å². The molecular formula is C24H20N4O6S. The largest absolute Gasteiger partial charge is 0.454 e. The van der Waals surface area contributed by atoms with Crippen molar-refractivity contribution in [1.29, 1.82) is 0 Å². The lowest BCUT2D eigenvalue weighted by Crippen LogP contribution is -2.36. The molecule has 0 aliphatic carbocycles. The number of nitro benzene ring substituents is 1. The number of anilines is 1. The van der Waals surface area contributed by atoms with Crippen LogP contribution in [0.15, 0.2) is 58.7 Å². The van der Waals surface area contributed by atoms with Gasteiger partial charge < -0.3 is 19.4 Å². The van der Waals surface area contributed by atoms with Gasteiger partial charge in [-0.05, 0) is 17.7 Å². The Balaban J connectivity index is 1.34. The second kappa shape index (κ2) is 9.65. The minimum Gasteiger partial charge on any atom is -0.454 e. The van der Waals surface area contributed by atoms with Crippen LogP contribution in [0.25, 0.3) is 21.3 Å². The number of ether oxygens (including phenoxy) is 2. The Hall–Kier alpha value is -4.09. The summed E-state index contributed by atoms with van der Waals surface area (Å²) in [4.78, 5) is 46.0. The fourth-order valence-corrected chi connectivity index (χ4v) is 4.94. The number of nitrogens with one attached hydrogen (secondary N) is 1. The van der Waals surface area contributed by atoms with E-state index < -0.39 is 10.9 Å². The lowest BCUT2D eigenvalue weighted by Gasteiger charge is -2.28. The van der Waals surface area contributed by atoms with E-state index in [0.717, 1.165) is 11.1 Å². The number of fused-ring (bicyclic) bond motifs is 1. The number of hydrogen-bond acceptors (Lipinski definition) is 9. The standard InChI is InChI=1S/C24H20N4O6S/c29-22-21-17(15-4-2-1-3-5-15)14-35-23(21)26-20(25-22)13-34-24(30)16-6-7-18(19(12-16)28(31)32)27-8-10-33-11-9-27/h1-7,12,14H,8-11,13H2,(H,25,26,29). The number of rotatable bonds is 6. The first-order valence-corrected chi connectivity index (χ1v) is 11.7. The number of hydrogen-bond donors (Lipinski definition) is 1. The van der Waals surface area contributed by atoms with Gasteiger partial charge in [-0.3, -0.25) is 14.9 Å². The van der Waals surface area contributed by atoms with Gasteiger partial charge in [-0.1, -0.05) is 30.3 Å². The molecule has 0 radical (unpaired) electrons. The van der Waals surface area contributed by atoms with Crippen molar-refractivity contribution < 1.29 is 19.2 Å². The van der Waals surface area contributed by atoms with E-state index in [0.29, 0.717) is 42.2 Å². The smallest absolute Gasteiger partial charge is 0.338 e. The number of thiophene rings is 1. The molecule has 0 unspecified atom stereocenters. The Morgan fingerprint density at radius 2 is 1.97 bits per heavy atom. The normalized spacial score (nSPS) is 13.7. The molecule has 0 bridgehead atoms. The molecule has 1 saturated heterocycles. The molecule has 178 valence electrons. The van der Waals surface area contributed by atoms with Crippen molar-refractivity contribution in [3.63, 3.8) is 0 Å². The number of H-pyrrole nitrogens is 1. The molecule has 4 aromatic rings. The van der Waals surface area contributed by atoms with Crippen LogP contribution in [-0.2, 0) is 16.1 Å². The summed E-state index contributed by atoms with van der Waals surface area (Å²) in [6.07, 6.45) is 0. The monoisotopic (exact) mass is 492 g/mol. The summed E-state index contributed by atoms with van der Waals surface area (Å²) in [5, 5.41) is 14.0. The molecule has 5 rings (SSSR count). The Labute approximate surface area is 202 Å². The molecule has 2 aromatic carbocycles. The van der Waals surface area contributed by atoms with E-state index in [4.69, 9.17) is 9.47 Å². The van der Waals surface area contributed by atoms with Gasteiger partial charge in [-0.25, -0.2) is 9.78 Å². The minimum atomic E-state index is -0.750. The van der Waals surface area contributed by atoms with Gasteiger partial charge in [-0.15, -0.1) is 11.3 Å². The Morgan fingerprint density at radius 3 is 2.71 bits per heavy atom. The summed E-state index contributed by atoms with van der Waals surface area (Å²) in [6.45, 7) is 1.74. The Morgan fingerprint density at radius 1 is 1.20 bits per heavy atom. The zero-order valence-corrected chi connectivity index (χ0v) is 19.2. The molecule has 35 heavy (non-hydrogen) atoms. The zero-order valence-electron chi connectivity index (χ0n) is 18.4. The number of carbonyl (C=O) groups is 1. The molecule has 1 aliphatic heterocycles. The highest BCUT2D eigenvalue weighted by Crippen LogP contribution is 2.31.